The third-order valence-electron chi connectivity index (χ3n) is 16.4. The third kappa shape index (κ3) is 6.58. The van der Waals surface area contributed by atoms with Gasteiger partial charge in [0, 0.05) is 35.6 Å². The number of aromatic nitrogens is 3. The monoisotopic (exact) mass is 970 g/mol. The number of hydrogen-bond donors (Lipinski definition) is 0. The smallest absolute Gasteiger partial charge is 0.220 e. The van der Waals surface area contributed by atoms with Crippen LogP contribution in [-0.4, -0.2) is 27.8 Å². The first kappa shape index (κ1) is 46.2. The number of anilines is 3. The van der Waals surface area contributed by atoms with Crippen LogP contribution in [0, 0.1) is 0 Å². The van der Waals surface area contributed by atoms with Crippen molar-refractivity contribution in [1.82, 2.24) is 14.1 Å². The number of imidazole rings is 1. The molecule has 0 atom stereocenters. The molecule has 8 aromatic carbocycles. The first-order valence-corrected chi connectivity index (χ1v) is 26.5. The van der Waals surface area contributed by atoms with E-state index in [1.165, 1.54) is 72.7 Å². The Labute approximate surface area is 436 Å². The molecule has 0 saturated heterocycles. The molecule has 2 aromatic heterocycles. The molecule has 0 N–H and O–H groups in total. The fourth-order valence-electron chi connectivity index (χ4n) is 12.8. The van der Waals surface area contributed by atoms with Crippen LogP contribution in [0.4, 0.5) is 17.1 Å². The fourth-order valence-corrected chi connectivity index (χ4v) is 12.8. The van der Waals surface area contributed by atoms with Crippen molar-refractivity contribution in [3.63, 3.8) is 0 Å². The second-order valence-electron chi connectivity index (χ2n) is 25.5. The van der Waals surface area contributed by atoms with Crippen molar-refractivity contribution in [1.29, 1.82) is 0 Å². The Kier molecular flexibility index (Phi) is 9.68. The molecule has 370 valence electrons. The lowest BCUT2D eigenvalue weighted by atomic mass is 9.59. The second kappa shape index (κ2) is 15.5. The van der Waals surface area contributed by atoms with Crippen molar-refractivity contribution in [2.75, 3.05) is 23.5 Å². The molecule has 6 heteroatoms. The van der Waals surface area contributed by atoms with Crippen LogP contribution in [0.5, 0.6) is 11.5 Å². The zero-order chi connectivity index (χ0) is 51.6. The van der Waals surface area contributed by atoms with Crippen LogP contribution in [0.2, 0.25) is 0 Å². The van der Waals surface area contributed by atoms with Crippen LogP contribution in [0.1, 0.15) is 128 Å². The Balaban J connectivity index is 1.07. The highest BCUT2D eigenvalue weighted by atomic mass is 16.5. The highest BCUT2D eigenvalue weighted by molar-refractivity contribution is 6.10. The number of para-hydroxylation sites is 5. The van der Waals surface area contributed by atoms with E-state index in [9.17, 15) is 0 Å². The van der Waals surface area contributed by atoms with Crippen LogP contribution in [0.25, 0.3) is 55.6 Å². The van der Waals surface area contributed by atoms with E-state index < -0.39 is 5.41 Å². The van der Waals surface area contributed by atoms with Crippen LogP contribution in [0.3, 0.4) is 0 Å². The summed E-state index contributed by atoms with van der Waals surface area (Å²) in [7, 11) is 2.24. The number of hydrogen-bond acceptors (Lipinski definition) is 4. The van der Waals surface area contributed by atoms with Gasteiger partial charge in [-0.1, -0.05) is 174 Å². The fraction of sp³-hybridized carbons (Fsp3) is 0.279. The van der Waals surface area contributed by atoms with Crippen LogP contribution < -0.4 is 14.5 Å². The van der Waals surface area contributed by atoms with Crippen molar-refractivity contribution in [3.05, 3.63) is 202 Å². The number of rotatable bonds is 4. The first-order valence-electron chi connectivity index (χ1n) is 26.5. The van der Waals surface area contributed by atoms with Gasteiger partial charge in [-0.15, -0.1) is 0 Å². The SMILES string of the molecule is CN1CN2c3cc(Oc4ccc5c6ccccc6n(-c6nc7ccccc7n6-c6ccccc6)c5c4)ccc3C3(c4cccc1c42)c1c(cc(C(C)(C)C)cc1C(C)(C)C)-c1cc(C(C)(C)C)cc(C(C)(C)C)c13. The molecule has 10 aromatic rings. The average molecular weight is 970 g/mol. The zero-order valence-electron chi connectivity index (χ0n) is 45.4. The summed E-state index contributed by atoms with van der Waals surface area (Å²) in [6.07, 6.45) is 0. The predicted molar refractivity (Wildman–Crippen MR) is 309 cm³/mol. The topological polar surface area (TPSA) is 38.5 Å². The summed E-state index contributed by atoms with van der Waals surface area (Å²) in [6, 6.07) is 58.5. The second-order valence-corrected chi connectivity index (χ2v) is 25.5. The molecule has 4 heterocycles. The molecular formula is C68H67N5O. The molecule has 2 aliphatic heterocycles. The molecule has 0 unspecified atom stereocenters. The quantitative estimate of drug-likeness (QED) is 0.176. The van der Waals surface area contributed by atoms with Crippen LogP contribution in [0.15, 0.2) is 158 Å². The largest absolute Gasteiger partial charge is 0.457 e. The van der Waals surface area contributed by atoms with Crippen molar-refractivity contribution in [3.8, 4) is 34.3 Å². The minimum absolute atomic E-state index is 0.0577. The Morgan fingerprint density at radius 1 is 0.473 bits per heavy atom. The van der Waals surface area contributed by atoms with E-state index in [0.29, 0.717) is 0 Å². The van der Waals surface area contributed by atoms with Crippen LogP contribution >= 0.6 is 0 Å². The van der Waals surface area contributed by atoms with Gasteiger partial charge in [0.2, 0.25) is 5.95 Å². The highest BCUT2D eigenvalue weighted by Crippen LogP contribution is 2.68. The summed E-state index contributed by atoms with van der Waals surface area (Å²) in [5.74, 6) is 2.39. The molecule has 0 amide bonds. The molecule has 3 aliphatic rings. The van der Waals surface area contributed by atoms with Crippen molar-refractivity contribution in [2.45, 2.75) is 110 Å². The lowest BCUT2D eigenvalue weighted by molar-refractivity contribution is 0.482. The molecule has 1 aliphatic carbocycles. The molecule has 6 nitrogen and oxygen atoms in total. The molecule has 13 rings (SSSR count). The summed E-state index contributed by atoms with van der Waals surface area (Å²) in [5.41, 5.74) is 21.5. The van der Waals surface area contributed by atoms with E-state index in [2.05, 4.69) is 267 Å². The Hall–Kier alpha value is -7.57. The van der Waals surface area contributed by atoms with E-state index in [1.807, 2.05) is 0 Å². The maximum absolute atomic E-state index is 7.21. The summed E-state index contributed by atoms with van der Waals surface area (Å²) >= 11 is 0. The van der Waals surface area contributed by atoms with Gasteiger partial charge in [-0.2, -0.15) is 0 Å². The Bertz CT molecular complexity index is 3890. The van der Waals surface area contributed by atoms with Gasteiger partial charge < -0.3 is 14.5 Å². The van der Waals surface area contributed by atoms with Gasteiger partial charge in [-0.3, -0.25) is 9.13 Å². The van der Waals surface area contributed by atoms with E-state index in [4.69, 9.17) is 9.72 Å². The highest BCUT2D eigenvalue weighted by Gasteiger charge is 2.57. The predicted octanol–water partition coefficient (Wildman–Crippen LogP) is 17.3. The van der Waals surface area contributed by atoms with E-state index >= 15 is 0 Å². The molecular weight excluding hydrogens is 903 g/mol. The van der Waals surface area contributed by atoms with Gasteiger partial charge in [0.15, 0.2) is 0 Å². The van der Waals surface area contributed by atoms with Gasteiger partial charge in [-0.25, -0.2) is 4.98 Å². The number of nitrogens with zero attached hydrogens (tertiary/aromatic N) is 5. The molecule has 0 saturated carbocycles. The lowest BCUT2D eigenvalue weighted by Gasteiger charge is -2.46. The average Bonchev–Trinajstić information content (AvgIpc) is 4.28. The van der Waals surface area contributed by atoms with Gasteiger partial charge in [0.25, 0.3) is 0 Å². The number of fused-ring (bicyclic) bond motifs is 13. The third-order valence-corrected chi connectivity index (χ3v) is 16.4. The maximum Gasteiger partial charge on any atom is 0.220 e. The lowest BCUT2D eigenvalue weighted by Crippen LogP contribution is -2.40. The molecule has 0 bridgehead atoms. The van der Waals surface area contributed by atoms with Gasteiger partial charge in [0.05, 0.1) is 51.2 Å². The summed E-state index contributed by atoms with van der Waals surface area (Å²) in [4.78, 5) is 10.3. The summed E-state index contributed by atoms with van der Waals surface area (Å²) in [6.45, 7) is 29.4. The van der Waals surface area contributed by atoms with Gasteiger partial charge >= 0.3 is 0 Å². The molecule has 0 fully saturated rings. The first-order chi connectivity index (χ1) is 35.1. The van der Waals surface area contributed by atoms with Gasteiger partial charge in [-0.05, 0) is 132 Å². The minimum atomic E-state index is -0.631. The normalized spacial score (nSPS) is 14.8. The zero-order valence-corrected chi connectivity index (χ0v) is 45.4. The molecule has 74 heavy (non-hydrogen) atoms. The summed E-state index contributed by atoms with van der Waals surface area (Å²) in [5, 5.41) is 2.31. The van der Waals surface area contributed by atoms with Gasteiger partial charge in [0.1, 0.15) is 11.5 Å². The Morgan fingerprint density at radius 2 is 1.05 bits per heavy atom. The minimum Gasteiger partial charge on any atom is -0.457 e. The number of benzene rings is 8. The molecule has 0 radical (unpaired) electrons. The Morgan fingerprint density at radius 3 is 1.70 bits per heavy atom. The standard InChI is InChI=1S/C68H67N5O/c1-64(2,3)41-34-48-49-35-42(65(4,5)6)37-53(67(10,11)12)61(49)68(60(48)52(36-41)66(7,8)9)50-33-31-45(39-59(50)71-40-70(13)57-29-21-25-51(68)62(57)71)74-44-30-32-47-46-24-17-19-27-55(46)73(58(47)38-44)63-69-54-26-18-20-28-56(54)72(63)43-22-15-14-16-23-43/h14-39H,40H2,1-13H3. The van der Waals surface area contributed by atoms with E-state index in [1.54, 1.807) is 0 Å². The van der Waals surface area contributed by atoms with Crippen molar-refractivity contribution < 1.29 is 4.74 Å². The van der Waals surface area contributed by atoms with Crippen molar-refractivity contribution in [2.24, 2.45) is 0 Å². The summed E-state index contributed by atoms with van der Waals surface area (Å²) < 4.78 is 11.8. The maximum atomic E-state index is 7.21. The molecule has 1 spiro atoms. The van der Waals surface area contributed by atoms with E-state index in [-0.39, 0.29) is 21.7 Å². The number of ether oxygens (including phenoxy) is 1. The van der Waals surface area contributed by atoms with Crippen LogP contribution in [-0.2, 0) is 27.1 Å². The van der Waals surface area contributed by atoms with Crippen molar-refractivity contribution >= 4 is 49.9 Å². The van der Waals surface area contributed by atoms with E-state index in [0.717, 1.165) is 62.6 Å².